The number of fused-ring (bicyclic) bond motifs is 2. The average molecular weight is 504 g/mol. The van der Waals surface area contributed by atoms with E-state index in [2.05, 4.69) is 27.7 Å². The molecule has 2 aliphatic heterocycles. The number of carbonyl (C=O) groups excluding carboxylic acids is 2. The fourth-order valence-corrected chi connectivity index (χ4v) is 5.40. The smallest absolute Gasteiger partial charge is 0.254 e. The van der Waals surface area contributed by atoms with E-state index < -0.39 is 0 Å². The molecule has 182 valence electrons. The van der Waals surface area contributed by atoms with Gasteiger partial charge in [-0.2, -0.15) is 0 Å². The van der Waals surface area contributed by atoms with E-state index in [4.69, 9.17) is 27.9 Å². The maximum Gasteiger partial charge on any atom is 0.254 e. The van der Waals surface area contributed by atoms with Crippen LogP contribution in [-0.4, -0.2) is 48.5 Å². The van der Waals surface area contributed by atoms with E-state index in [9.17, 15) is 9.59 Å². The maximum atomic E-state index is 12.6. The Morgan fingerprint density at radius 1 is 1.03 bits per heavy atom. The Hall–Kier alpha value is -2.28. The molecule has 2 N–H and O–H groups in total. The lowest BCUT2D eigenvalue weighted by Gasteiger charge is -2.39. The normalized spacial score (nSPS) is 21.8. The van der Waals surface area contributed by atoms with E-state index >= 15 is 0 Å². The molecule has 0 radical (unpaired) electrons. The van der Waals surface area contributed by atoms with Gasteiger partial charge < -0.3 is 15.4 Å². The second kappa shape index (κ2) is 11.4. The molecule has 2 saturated heterocycles. The molecule has 3 atom stereocenters. The zero-order chi connectivity index (χ0) is 24.1. The Balaban J connectivity index is 1.21. The highest BCUT2D eigenvalue weighted by molar-refractivity contribution is 6.31. The number of ether oxygens (including phenoxy) is 1. The van der Waals surface area contributed by atoms with Gasteiger partial charge in [0, 0.05) is 48.2 Å². The summed E-state index contributed by atoms with van der Waals surface area (Å²) < 4.78 is 5.76. The van der Waals surface area contributed by atoms with Gasteiger partial charge >= 0.3 is 0 Å². The molecule has 0 aromatic heterocycles. The van der Waals surface area contributed by atoms with Crippen molar-refractivity contribution in [2.75, 3.05) is 13.7 Å². The lowest BCUT2D eigenvalue weighted by molar-refractivity contribution is -0.122. The molecular formula is C26H31Cl2N3O3. The van der Waals surface area contributed by atoms with Crippen LogP contribution in [0.2, 0.25) is 10.0 Å². The molecular weight excluding hydrogens is 473 g/mol. The molecule has 2 aromatic rings. The van der Waals surface area contributed by atoms with Crippen LogP contribution in [0.25, 0.3) is 0 Å². The third kappa shape index (κ3) is 6.23. The zero-order valence-electron chi connectivity index (χ0n) is 19.4. The van der Waals surface area contributed by atoms with E-state index in [-0.39, 0.29) is 17.9 Å². The molecule has 6 nitrogen and oxygen atoms in total. The third-order valence-electron chi connectivity index (χ3n) is 6.75. The first kappa shape index (κ1) is 24.8. The number of piperidine rings is 1. The second-order valence-corrected chi connectivity index (χ2v) is 9.96. The minimum absolute atomic E-state index is 0.0572. The summed E-state index contributed by atoms with van der Waals surface area (Å²) in [5.41, 5.74) is 1.67. The molecule has 0 spiro atoms. The molecule has 2 amide bonds. The van der Waals surface area contributed by atoms with Crippen molar-refractivity contribution < 1.29 is 14.3 Å². The maximum absolute atomic E-state index is 12.6. The molecule has 0 aliphatic carbocycles. The van der Waals surface area contributed by atoms with Gasteiger partial charge in [0.05, 0.1) is 12.2 Å². The van der Waals surface area contributed by atoms with Gasteiger partial charge in [-0.15, -0.1) is 0 Å². The van der Waals surface area contributed by atoms with Gasteiger partial charge in [0.25, 0.3) is 5.91 Å². The first-order valence-corrected chi connectivity index (χ1v) is 12.6. The molecule has 2 heterocycles. The van der Waals surface area contributed by atoms with Crippen LogP contribution in [0.5, 0.6) is 5.75 Å². The summed E-state index contributed by atoms with van der Waals surface area (Å²) in [5, 5.41) is 7.05. The van der Waals surface area contributed by atoms with Crippen LogP contribution in [0, 0.1) is 0 Å². The summed E-state index contributed by atoms with van der Waals surface area (Å²) in [5.74, 6) is 0.267. The fraction of sp³-hybridized carbons (Fsp3) is 0.462. The Labute approximate surface area is 210 Å². The van der Waals surface area contributed by atoms with E-state index in [1.54, 1.807) is 25.2 Å². The van der Waals surface area contributed by atoms with Crippen molar-refractivity contribution in [1.82, 2.24) is 15.5 Å². The van der Waals surface area contributed by atoms with Gasteiger partial charge in [0.1, 0.15) is 5.75 Å². The van der Waals surface area contributed by atoms with Crippen LogP contribution < -0.4 is 15.4 Å². The minimum Gasteiger partial charge on any atom is -0.493 e. The summed E-state index contributed by atoms with van der Waals surface area (Å²) in [6.07, 6.45) is 5.33. The summed E-state index contributed by atoms with van der Waals surface area (Å²) in [4.78, 5) is 27.2. The predicted molar refractivity (Wildman–Crippen MR) is 135 cm³/mol. The Kier molecular flexibility index (Phi) is 8.35. The molecule has 2 aromatic carbocycles. The molecule has 2 bridgehead atoms. The number of nitrogens with one attached hydrogen (secondary N) is 2. The van der Waals surface area contributed by atoms with Gasteiger partial charge in [-0.05, 0) is 68.0 Å². The van der Waals surface area contributed by atoms with Crippen molar-refractivity contribution in [2.24, 2.45) is 0 Å². The number of hydrogen-bond acceptors (Lipinski definition) is 4. The number of nitrogens with zero attached hydrogens (tertiary/aromatic N) is 1. The fourth-order valence-electron chi connectivity index (χ4n) is 5.11. The van der Waals surface area contributed by atoms with Crippen LogP contribution in [0.15, 0.2) is 42.5 Å². The van der Waals surface area contributed by atoms with Gasteiger partial charge in [0.15, 0.2) is 0 Å². The highest BCUT2D eigenvalue weighted by Gasteiger charge is 2.40. The largest absolute Gasteiger partial charge is 0.493 e. The van der Waals surface area contributed by atoms with Crippen LogP contribution in [-0.2, 0) is 11.3 Å². The summed E-state index contributed by atoms with van der Waals surface area (Å²) in [6, 6.07) is 14.3. The zero-order valence-corrected chi connectivity index (χ0v) is 20.9. The third-order valence-corrected chi connectivity index (χ3v) is 7.23. The first-order chi connectivity index (χ1) is 16.4. The predicted octanol–water partition coefficient (Wildman–Crippen LogP) is 4.82. The van der Waals surface area contributed by atoms with Gasteiger partial charge in [-0.1, -0.05) is 35.3 Å². The molecule has 2 aliphatic rings. The van der Waals surface area contributed by atoms with Gasteiger partial charge in [-0.25, -0.2) is 0 Å². The highest BCUT2D eigenvalue weighted by atomic mass is 35.5. The standard InChI is InChI=1S/C26H31Cl2N3O3/c1-29-26(33)23-13-19(28)8-11-24(23)34-12-2-3-25(32)30-20-14-21-9-10-22(15-20)31(21)16-17-4-6-18(27)7-5-17/h4-8,11,13,20-22H,2-3,9-10,12,14-16H2,1H3,(H,29,33)(H,30,32)/t20?,21-,22+. The van der Waals surface area contributed by atoms with Crippen LogP contribution in [0.4, 0.5) is 0 Å². The van der Waals surface area contributed by atoms with Crippen molar-refractivity contribution in [1.29, 1.82) is 0 Å². The van der Waals surface area contributed by atoms with Crippen molar-refractivity contribution >= 4 is 35.0 Å². The summed E-state index contributed by atoms with van der Waals surface area (Å²) in [7, 11) is 1.56. The number of hydrogen-bond donors (Lipinski definition) is 2. The van der Waals surface area contributed by atoms with Crippen molar-refractivity contribution in [3.05, 3.63) is 63.6 Å². The minimum atomic E-state index is -0.257. The Morgan fingerprint density at radius 3 is 2.38 bits per heavy atom. The Bertz CT molecular complexity index is 1000. The lowest BCUT2D eigenvalue weighted by Crippen LogP contribution is -2.49. The summed E-state index contributed by atoms with van der Waals surface area (Å²) in [6.45, 7) is 1.29. The lowest BCUT2D eigenvalue weighted by atomic mass is 9.96. The van der Waals surface area contributed by atoms with Crippen molar-refractivity contribution in [3.63, 3.8) is 0 Å². The average Bonchev–Trinajstić information content (AvgIpc) is 3.05. The van der Waals surface area contributed by atoms with E-state index in [1.165, 1.54) is 18.4 Å². The number of amides is 2. The molecule has 8 heteroatoms. The molecule has 1 unspecified atom stereocenters. The number of benzene rings is 2. The number of carbonyl (C=O) groups is 2. The topological polar surface area (TPSA) is 70.7 Å². The van der Waals surface area contributed by atoms with Crippen molar-refractivity contribution in [3.8, 4) is 5.75 Å². The van der Waals surface area contributed by atoms with Crippen LogP contribution in [0.1, 0.15) is 54.4 Å². The van der Waals surface area contributed by atoms with Crippen molar-refractivity contribution in [2.45, 2.75) is 63.2 Å². The number of rotatable bonds is 9. The SMILES string of the molecule is CNC(=O)c1cc(Cl)ccc1OCCCC(=O)NC1C[C@H]2CC[C@@H](C1)N2Cc1ccc(Cl)cc1. The van der Waals surface area contributed by atoms with Gasteiger partial charge in [0.2, 0.25) is 5.91 Å². The van der Waals surface area contributed by atoms with E-state index in [1.807, 2.05) is 12.1 Å². The Morgan fingerprint density at radius 2 is 1.71 bits per heavy atom. The van der Waals surface area contributed by atoms with E-state index in [0.29, 0.717) is 47.9 Å². The van der Waals surface area contributed by atoms with Gasteiger partial charge in [-0.3, -0.25) is 14.5 Å². The van der Waals surface area contributed by atoms with Crippen LogP contribution >= 0.6 is 23.2 Å². The molecule has 0 saturated carbocycles. The second-order valence-electron chi connectivity index (χ2n) is 9.09. The van der Waals surface area contributed by atoms with Crippen LogP contribution in [0.3, 0.4) is 0 Å². The highest BCUT2D eigenvalue weighted by Crippen LogP contribution is 2.37. The molecule has 4 rings (SSSR count). The molecule has 2 fully saturated rings. The first-order valence-electron chi connectivity index (χ1n) is 11.9. The molecule has 34 heavy (non-hydrogen) atoms. The summed E-state index contributed by atoms with van der Waals surface area (Å²) >= 11 is 12.0. The number of halogens is 2. The van der Waals surface area contributed by atoms with E-state index in [0.717, 1.165) is 24.4 Å². The quantitative estimate of drug-likeness (QED) is 0.481. The monoisotopic (exact) mass is 503 g/mol.